The summed E-state index contributed by atoms with van der Waals surface area (Å²) < 4.78 is 5.79. The van der Waals surface area contributed by atoms with Gasteiger partial charge < -0.3 is 20.1 Å². The van der Waals surface area contributed by atoms with E-state index >= 15 is 0 Å². The summed E-state index contributed by atoms with van der Waals surface area (Å²) in [6, 6.07) is 0. The zero-order chi connectivity index (χ0) is 13.5. The van der Waals surface area contributed by atoms with Crippen molar-refractivity contribution in [2.45, 2.75) is 38.2 Å². The van der Waals surface area contributed by atoms with Crippen LogP contribution in [0.25, 0.3) is 0 Å². The fourth-order valence-electron chi connectivity index (χ4n) is 3.11. The average Bonchev–Trinajstić information content (AvgIpc) is 2.40. The first-order valence-electron chi connectivity index (χ1n) is 7.50. The predicted molar refractivity (Wildman–Crippen MR) is 73.3 cm³/mol. The second-order valence-corrected chi connectivity index (χ2v) is 5.78. The first kappa shape index (κ1) is 14.8. The fourth-order valence-corrected chi connectivity index (χ4v) is 3.11. The average molecular weight is 270 g/mol. The number of carboxylic acids is 1. The largest absolute Gasteiger partial charge is 0.480 e. The van der Waals surface area contributed by atoms with E-state index in [9.17, 15) is 4.79 Å². The highest BCUT2D eigenvalue weighted by atomic mass is 16.5. The molecule has 2 fully saturated rings. The van der Waals surface area contributed by atoms with Crippen LogP contribution < -0.4 is 5.32 Å². The van der Waals surface area contributed by atoms with Gasteiger partial charge in [-0.05, 0) is 51.1 Å². The van der Waals surface area contributed by atoms with Crippen LogP contribution in [0.1, 0.15) is 32.1 Å². The van der Waals surface area contributed by atoms with E-state index in [0.29, 0.717) is 12.0 Å². The molecule has 0 saturated carbocycles. The number of hydrogen-bond acceptors (Lipinski definition) is 4. The first-order chi connectivity index (χ1) is 9.24. The Hall–Kier alpha value is -0.650. The van der Waals surface area contributed by atoms with Crippen molar-refractivity contribution < 1.29 is 14.6 Å². The third-order valence-corrected chi connectivity index (χ3v) is 4.05. The van der Waals surface area contributed by atoms with Crippen LogP contribution in [-0.2, 0) is 9.53 Å². The third-order valence-electron chi connectivity index (χ3n) is 4.05. The maximum atomic E-state index is 10.5. The lowest BCUT2D eigenvalue weighted by atomic mass is 9.97. The molecule has 0 aromatic heterocycles. The van der Waals surface area contributed by atoms with Crippen LogP contribution in [0.2, 0.25) is 0 Å². The second kappa shape index (κ2) is 7.82. The van der Waals surface area contributed by atoms with Gasteiger partial charge in [-0.2, -0.15) is 0 Å². The van der Waals surface area contributed by atoms with Crippen LogP contribution in [0.5, 0.6) is 0 Å². The van der Waals surface area contributed by atoms with Crippen LogP contribution in [0.15, 0.2) is 0 Å². The Morgan fingerprint density at radius 3 is 2.95 bits per heavy atom. The number of carbonyl (C=O) groups is 1. The van der Waals surface area contributed by atoms with Crippen LogP contribution in [0.4, 0.5) is 0 Å². The summed E-state index contributed by atoms with van der Waals surface area (Å²) in [5.74, 6) is -0.194. The smallest absolute Gasteiger partial charge is 0.317 e. The number of carboxylic acid groups (broad SMARTS) is 1. The lowest BCUT2D eigenvalue weighted by Gasteiger charge is -2.36. The van der Waals surface area contributed by atoms with E-state index in [-0.39, 0.29) is 6.54 Å². The number of nitrogens with one attached hydrogen (secondary N) is 1. The number of aliphatic carboxylic acids is 1. The van der Waals surface area contributed by atoms with Gasteiger partial charge in [0, 0.05) is 19.7 Å². The van der Waals surface area contributed by atoms with Gasteiger partial charge in [-0.3, -0.25) is 4.79 Å². The molecule has 2 rings (SSSR count). The van der Waals surface area contributed by atoms with Gasteiger partial charge in [-0.1, -0.05) is 0 Å². The highest BCUT2D eigenvalue weighted by Crippen LogP contribution is 2.19. The van der Waals surface area contributed by atoms with Gasteiger partial charge in [0.2, 0.25) is 0 Å². The molecule has 2 unspecified atom stereocenters. The van der Waals surface area contributed by atoms with E-state index in [2.05, 4.69) is 10.2 Å². The Balaban J connectivity index is 1.66. The van der Waals surface area contributed by atoms with Crippen molar-refractivity contribution in [3.05, 3.63) is 0 Å². The van der Waals surface area contributed by atoms with E-state index in [0.717, 1.165) is 32.8 Å². The fraction of sp³-hybridized carbons (Fsp3) is 0.929. The molecule has 2 heterocycles. The van der Waals surface area contributed by atoms with Crippen molar-refractivity contribution in [2.75, 3.05) is 39.3 Å². The molecule has 5 nitrogen and oxygen atoms in total. The van der Waals surface area contributed by atoms with Gasteiger partial charge in [0.15, 0.2) is 0 Å². The molecule has 0 aliphatic carbocycles. The van der Waals surface area contributed by atoms with Crippen molar-refractivity contribution in [2.24, 2.45) is 5.92 Å². The van der Waals surface area contributed by atoms with E-state index in [4.69, 9.17) is 9.84 Å². The number of likely N-dealkylation sites (tertiary alicyclic amines) is 1. The molecule has 0 bridgehead atoms. The number of nitrogens with zero attached hydrogens (tertiary/aromatic N) is 1. The quantitative estimate of drug-likeness (QED) is 0.752. The molecular formula is C14H26N2O3. The third kappa shape index (κ3) is 5.47. The zero-order valence-corrected chi connectivity index (χ0v) is 11.6. The second-order valence-electron chi connectivity index (χ2n) is 5.78. The van der Waals surface area contributed by atoms with Gasteiger partial charge in [0.05, 0.1) is 12.6 Å². The molecule has 110 valence electrons. The molecule has 2 N–H and O–H groups in total. The summed E-state index contributed by atoms with van der Waals surface area (Å²) in [5.41, 5.74) is 0. The van der Waals surface area contributed by atoms with Crippen molar-refractivity contribution in [3.63, 3.8) is 0 Å². The summed E-state index contributed by atoms with van der Waals surface area (Å²) >= 11 is 0. The maximum Gasteiger partial charge on any atom is 0.317 e. The van der Waals surface area contributed by atoms with Gasteiger partial charge in [-0.15, -0.1) is 0 Å². The molecule has 0 amide bonds. The molecule has 0 spiro atoms. The van der Waals surface area contributed by atoms with Crippen LogP contribution in [-0.4, -0.2) is 61.4 Å². The standard InChI is InChI=1S/C14H26N2O3/c17-14(18)9-15-8-12-4-3-6-16(10-12)11-13-5-1-2-7-19-13/h12-13,15H,1-11H2,(H,17,18). The predicted octanol–water partition coefficient (Wildman–Crippen LogP) is 0.942. The minimum atomic E-state index is -0.775. The topological polar surface area (TPSA) is 61.8 Å². The Kier molecular flexibility index (Phi) is 6.07. The lowest BCUT2D eigenvalue weighted by Crippen LogP contribution is -2.44. The van der Waals surface area contributed by atoms with Crippen LogP contribution >= 0.6 is 0 Å². The van der Waals surface area contributed by atoms with Crippen molar-refractivity contribution >= 4 is 5.97 Å². The van der Waals surface area contributed by atoms with Crippen LogP contribution in [0.3, 0.4) is 0 Å². The number of piperidine rings is 1. The Bertz CT molecular complexity index is 280. The summed E-state index contributed by atoms with van der Waals surface area (Å²) in [5, 5.41) is 11.6. The minimum absolute atomic E-state index is 0.0717. The van der Waals surface area contributed by atoms with Crippen LogP contribution in [0, 0.1) is 5.92 Å². The summed E-state index contributed by atoms with van der Waals surface area (Å²) in [6.45, 7) is 5.09. The minimum Gasteiger partial charge on any atom is -0.480 e. The van der Waals surface area contributed by atoms with E-state index < -0.39 is 5.97 Å². The Morgan fingerprint density at radius 1 is 1.32 bits per heavy atom. The molecular weight excluding hydrogens is 244 g/mol. The van der Waals surface area contributed by atoms with E-state index in [1.165, 1.54) is 32.1 Å². The SMILES string of the molecule is O=C(O)CNCC1CCCN(CC2CCCCO2)C1. The summed E-state index contributed by atoms with van der Waals surface area (Å²) in [7, 11) is 0. The molecule has 2 atom stereocenters. The Labute approximate surface area is 115 Å². The molecule has 0 aromatic carbocycles. The van der Waals surface area contributed by atoms with Gasteiger partial charge in [0.25, 0.3) is 0 Å². The molecule has 0 radical (unpaired) electrons. The maximum absolute atomic E-state index is 10.5. The highest BCUT2D eigenvalue weighted by Gasteiger charge is 2.23. The monoisotopic (exact) mass is 270 g/mol. The molecule has 0 aromatic rings. The van der Waals surface area contributed by atoms with Crippen molar-refractivity contribution in [1.82, 2.24) is 10.2 Å². The first-order valence-corrected chi connectivity index (χ1v) is 7.50. The molecule has 2 aliphatic rings. The van der Waals surface area contributed by atoms with Gasteiger partial charge >= 0.3 is 5.97 Å². The molecule has 5 heteroatoms. The van der Waals surface area contributed by atoms with E-state index in [1.54, 1.807) is 0 Å². The summed E-state index contributed by atoms with van der Waals surface area (Å²) in [4.78, 5) is 13.0. The molecule has 2 saturated heterocycles. The number of hydrogen-bond donors (Lipinski definition) is 2. The molecule has 2 aliphatic heterocycles. The normalized spacial score (nSPS) is 29.3. The highest BCUT2D eigenvalue weighted by molar-refractivity contribution is 5.68. The van der Waals surface area contributed by atoms with Gasteiger partial charge in [-0.25, -0.2) is 0 Å². The zero-order valence-electron chi connectivity index (χ0n) is 11.6. The van der Waals surface area contributed by atoms with Crippen molar-refractivity contribution in [3.8, 4) is 0 Å². The summed E-state index contributed by atoms with van der Waals surface area (Å²) in [6.07, 6.45) is 6.53. The Morgan fingerprint density at radius 2 is 2.21 bits per heavy atom. The lowest BCUT2D eigenvalue weighted by molar-refractivity contribution is -0.136. The number of ether oxygens (including phenoxy) is 1. The number of rotatable bonds is 6. The molecule has 19 heavy (non-hydrogen) atoms. The van der Waals surface area contributed by atoms with Gasteiger partial charge in [0.1, 0.15) is 0 Å². The van der Waals surface area contributed by atoms with Crippen molar-refractivity contribution in [1.29, 1.82) is 0 Å². The van der Waals surface area contributed by atoms with E-state index in [1.807, 2.05) is 0 Å².